The van der Waals surface area contributed by atoms with E-state index in [0.717, 1.165) is 49.6 Å². The first-order valence-electron chi connectivity index (χ1n) is 8.43. The second kappa shape index (κ2) is 10.7. The van der Waals surface area contributed by atoms with Crippen LogP contribution in [0.1, 0.15) is 51.5 Å². The van der Waals surface area contributed by atoms with Crippen molar-refractivity contribution in [2.75, 3.05) is 12.4 Å². The third-order valence-corrected chi connectivity index (χ3v) is 4.90. The average Bonchev–Trinajstić information content (AvgIpc) is 2.55. The minimum absolute atomic E-state index is 0.0926. The molecule has 0 amide bonds. The molecule has 7 heteroatoms. The van der Waals surface area contributed by atoms with Gasteiger partial charge in [-0.05, 0) is 30.5 Å². The first kappa shape index (κ1) is 21.8. The van der Waals surface area contributed by atoms with Gasteiger partial charge in [0.1, 0.15) is 5.82 Å². The van der Waals surface area contributed by atoms with Crippen molar-refractivity contribution in [1.82, 2.24) is 0 Å². The number of unbranched alkanes of at least 4 members (excludes halogenated alkanes) is 1. The van der Waals surface area contributed by atoms with E-state index >= 15 is 0 Å². The van der Waals surface area contributed by atoms with Crippen molar-refractivity contribution >= 4 is 17.7 Å². The van der Waals surface area contributed by atoms with Gasteiger partial charge in [0, 0.05) is 10.6 Å². The minimum Gasteiger partial charge on any atom is -0.465 e. The number of thioether (sulfide) groups is 1. The summed E-state index contributed by atoms with van der Waals surface area (Å²) >= 11 is 1.01. The molecule has 0 radical (unpaired) electrons. The molecule has 0 spiro atoms. The molecule has 0 bridgehead atoms. The van der Waals surface area contributed by atoms with Crippen LogP contribution in [0.15, 0.2) is 23.1 Å². The smallest absolute Gasteiger partial charge is 0.416 e. The molecule has 1 rings (SSSR count). The van der Waals surface area contributed by atoms with Crippen molar-refractivity contribution in [1.29, 1.82) is 0 Å². The molecule has 142 valence electrons. The van der Waals surface area contributed by atoms with Crippen LogP contribution in [0.2, 0.25) is 0 Å². The number of hydrogen-bond donors (Lipinski definition) is 0. The van der Waals surface area contributed by atoms with Crippen LogP contribution in [0.25, 0.3) is 0 Å². The Labute approximate surface area is 150 Å². The summed E-state index contributed by atoms with van der Waals surface area (Å²) in [4.78, 5) is 11.8. The zero-order valence-electron chi connectivity index (χ0n) is 14.5. The number of alkyl halides is 3. The van der Waals surface area contributed by atoms with E-state index in [0.29, 0.717) is 18.6 Å². The fourth-order valence-corrected chi connectivity index (χ4v) is 3.07. The Balaban J connectivity index is 2.38. The Bertz CT molecular complexity index is 546. The van der Waals surface area contributed by atoms with Gasteiger partial charge in [0.25, 0.3) is 0 Å². The fourth-order valence-electron chi connectivity index (χ4n) is 2.22. The first-order valence-corrected chi connectivity index (χ1v) is 9.41. The number of halogens is 4. The summed E-state index contributed by atoms with van der Waals surface area (Å²) in [5.41, 5.74) is -1.02. The van der Waals surface area contributed by atoms with Crippen molar-refractivity contribution in [2.45, 2.75) is 57.0 Å². The summed E-state index contributed by atoms with van der Waals surface area (Å²) < 4.78 is 56.4. The Hall–Kier alpha value is -1.24. The Morgan fingerprint density at radius 2 is 2.00 bits per heavy atom. The van der Waals surface area contributed by atoms with Gasteiger partial charge in [-0.2, -0.15) is 13.2 Å². The molecule has 0 aliphatic rings. The maximum Gasteiger partial charge on any atom is 0.416 e. The predicted octanol–water partition coefficient (Wildman–Crippen LogP) is 6.09. The number of carbonyl (C=O) groups is 1. The van der Waals surface area contributed by atoms with Crippen LogP contribution in [0.5, 0.6) is 0 Å². The number of esters is 1. The lowest BCUT2D eigenvalue weighted by Crippen LogP contribution is -2.14. The lowest BCUT2D eigenvalue weighted by atomic mass is 10.0. The molecule has 0 aromatic heterocycles. The van der Waals surface area contributed by atoms with Crippen molar-refractivity contribution in [3.8, 4) is 0 Å². The summed E-state index contributed by atoms with van der Waals surface area (Å²) in [6.45, 7) is 4.54. The molecule has 1 atom stereocenters. The number of hydrogen-bond acceptors (Lipinski definition) is 3. The van der Waals surface area contributed by atoms with E-state index < -0.39 is 17.6 Å². The fraction of sp³-hybridized carbons (Fsp3) is 0.611. The van der Waals surface area contributed by atoms with Gasteiger partial charge >= 0.3 is 12.1 Å². The molecule has 25 heavy (non-hydrogen) atoms. The monoisotopic (exact) mass is 380 g/mol. The number of ether oxygens (including phenoxy) is 1. The quantitative estimate of drug-likeness (QED) is 0.279. The number of benzene rings is 1. The normalized spacial score (nSPS) is 12.9. The number of carbonyl (C=O) groups excluding carboxylic acids is 1. The molecule has 0 aliphatic carbocycles. The van der Waals surface area contributed by atoms with E-state index in [1.54, 1.807) is 0 Å². The third kappa shape index (κ3) is 8.12. The van der Waals surface area contributed by atoms with Crippen LogP contribution < -0.4 is 0 Å². The second-order valence-corrected chi connectivity index (χ2v) is 6.98. The van der Waals surface area contributed by atoms with Gasteiger partial charge < -0.3 is 4.74 Å². The van der Waals surface area contributed by atoms with Gasteiger partial charge in [0.2, 0.25) is 0 Å². The van der Waals surface area contributed by atoms with Crippen LogP contribution in [0, 0.1) is 11.7 Å². The van der Waals surface area contributed by atoms with E-state index in [1.807, 2.05) is 0 Å². The van der Waals surface area contributed by atoms with E-state index in [2.05, 4.69) is 13.8 Å². The molecule has 0 N–H and O–H groups in total. The van der Waals surface area contributed by atoms with Crippen LogP contribution in [-0.4, -0.2) is 18.3 Å². The summed E-state index contributed by atoms with van der Waals surface area (Å²) in [7, 11) is 0. The maximum atomic E-state index is 13.7. The van der Waals surface area contributed by atoms with Crippen molar-refractivity contribution < 1.29 is 27.1 Å². The molecular weight excluding hydrogens is 356 g/mol. The molecule has 2 nitrogen and oxygen atoms in total. The molecule has 0 fully saturated rings. The third-order valence-electron chi connectivity index (χ3n) is 3.85. The molecular formula is C18H24F4O2S. The van der Waals surface area contributed by atoms with E-state index in [4.69, 9.17) is 4.74 Å². The standard InChI is InChI=1S/C18H24F4O2S/c1-3-5-6-13(4-2)12-24-17(23)9-10-25-16-8-7-14(11-15(16)19)18(20,21)22/h7-8,11,13H,3-6,9-10,12H2,1-2H3. The van der Waals surface area contributed by atoms with Crippen LogP contribution in [-0.2, 0) is 15.7 Å². The summed E-state index contributed by atoms with van der Waals surface area (Å²) in [5.74, 6) is -0.690. The van der Waals surface area contributed by atoms with Gasteiger partial charge in [-0.15, -0.1) is 11.8 Å². The molecule has 1 aromatic carbocycles. The summed E-state index contributed by atoms with van der Waals surface area (Å²) in [6, 6.07) is 2.40. The molecule has 0 aliphatic heterocycles. The lowest BCUT2D eigenvalue weighted by molar-refractivity contribution is -0.144. The van der Waals surface area contributed by atoms with E-state index in [-0.39, 0.29) is 23.0 Å². The van der Waals surface area contributed by atoms with Gasteiger partial charge in [-0.3, -0.25) is 4.79 Å². The van der Waals surface area contributed by atoms with Crippen molar-refractivity contribution in [3.63, 3.8) is 0 Å². The highest BCUT2D eigenvalue weighted by Crippen LogP contribution is 2.32. The van der Waals surface area contributed by atoms with E-state index in [9.17, 15) is 22.4 Å². The SMILES string of the molecule is CCCCC(CC)COC(=O)CCSc1ccc(C(F)(F)F)cc1F. The maximum absolute atomic E-state index is 13.7. The molecule has 0 saturated carbocycles. The zero-order chi connectivity index (χ0) is 18.9. The van der Waals surface area contributed by atoms with Gasteiger partial charge in [-0.25, -0.2) is 4.39 Å². The topological polar surface area (TPSA) is 26.3 Å². The van der Waals surface area contributed by atoms with Gasteiger partial charge in [0.15, 0.2) is 0 Å². The summed E-state index contributed by atoms with van der Waals surface area (Å²) in [5, 5.41) is 0. The second-order valence-electron chi connectivity index (χ2n) is 5.84. The van der Waals surface area contributed by atoms with Crippen LogP contribution >= 0.6 is 11.8 Å². The molecule has 0 saturated heterocycles. The Morgan fingerprint density at radius 1 is 1.28 bits per heavy atom. The van der Waals surface area contributed by atoms with Crippen LogP contribution in [0.4, 0.5) is 17.6 Å². The molecule has 1 unspecified atom stereocenters. The zero-order valence-corrected chi connectivity index (χ0v) is 15.3. The van der Waals surface area contributed by atoms with Crippen LogP contribution in [0.3, 0.4) is 0 Å². The van der Waals surface area contributed by atoms with Gasteiger partial charge in [0.05, 0.1) is 18.6 Å². The lowest BCUT2D eigenvalue weighted by Gasteiger charge is -2.14. The van der Waals surface area contributed by atoms with Gasteiger partial charge in [-0.1, -0.05) is 33.1 Å². The first-order chi connectivity index (χ1) is 11.8. The van der Waals surface area contributed by atoms with Crippen molar-refractivity contribution in [2.24, 2.45) is 5.92 Å². The highest BCUT2D eigenvalue weighted by atomic mass is 32.2. The largest absolute Gasteiger partial charge is 0.465 e. The number of rotatable bonds is 10. The predicted molar refractivity (Wildman–Crippen MR) is 91.0 cm³/mol. The Morgan fingerprint density at radius 3 is 2.56 bits per heavy atom. The van der Waals surface area contributed by atoms with E-state index in [1.165, 1.54) is 0 Å². The Kier molecular flexibility index (Phi) is 9.32. The molecule has 1 aromatic rings. The van der Waals surface area contributed by atoms with Crippen molar-refractivity contribution in [3.05, 3.63) is 29.6 Å². The minimum atomic E-state index is -4.57. The highest BCUT2D eigenvalue weighted by Gasteiger charge is 2.31. The summed E-state index contributed by atoms with van der Waals surface area (Å²) in [6.07, 6.45) is -0.319. The average molecular weight is 380 g/mol. The molecule has 0 heterocycles. The highest BCUT2D eigenvalue weighted by molar-refractivity contribution is 7.99.